The average molecular weight is 1280 g/mol. The van der Waals surface area contributed by atoms with Gasteiger partial charge in [0.25, 0.3) is 20.1 Å². The molecule has 0 saturated heterocycles. The largest absolute Gasteiger partial charge is 0.458 e. The number of ether oxygens (including phenoxy) is 5. The highest BCUT2D eigenvalue weighted by Crippen LogP contribution is 2.53. The molecule has 99 heavy (non-hydrogen) atoms. The number of hydrogen-bond acceptors (Lipinski definition) is 11. The number of anilines is 11. The summed E-state index contributed by atoms with van der Waals surface area (Å²) in [5.41, 5.74) is 31.6. The number of aromatic nitrogens is 2. The molecule has 14 heteroatoms. The van der Waals surface area contributed by atoms with E-state index in [1.54, 1.807) is 0 Å². The molecule has 1 N–H and O–H groups in total. The van der Waals surface area contributed by atoms with Gasteiger partial charge in [0.15, 0.2) is 0 Å². The van der Waals surface area contributed by atoms with Gasteiger partial charge in [-0.1, -0.05) is 120 Å². The zero-order valence-electron chi connectivity index (χ0n) is 56.4. The number of fused-ring (bicyclic) bond motifs is 12. The quantitative estimate of drug-likeness (QED) is 0.140. The number of rotatable bonds is 9. The van der Waals surface area contributed by atoms with Crippen LogP contribution >= 0.6 is 0 Å². The van der Waals surface area contributed by atoms with Crippen LogP contribution in [0.15, 0.2) is 225 Å². The van der Waals surface area contributed by atoms with Gasteiger partial charge < -0.3 is 43.7 Å². The molecular formula is C85H65B3N6O5. The molecule has 474 valence electrons. The highest BCUT2D eigenvalue weighted by molar-refractivity contribution is 7.04. The predicted octanol–water partition coefficient (Wildman–Crippen LogP) is 15.8. The third kappa shape index (κ3) is 9.15. The van der Waals surface area contributed by atoms with Gasteiger partial charge >= 0.3 is 0 Å². The van der Waals surface area contributed by atoms with Gasteiger partial charge in [-0.05, 0) is 206 Å². The first-order chi connectivity index (χ1) is 48.2. The molecule has 11 aromatic carbocycles. The first kappa shape index (κ1) is 58.5. The number of nitrogens with zero attached hydrogens (tertiary/aromatic N) is 5. The molecular weight excluding hydrogens is 1220 g/mol. The summed E-state index contributed by atoms with van der Waals surface area (Å²) < 4.78 is 34.9. The Morgan fingerprint density at radius 3 is 1.11 bits per heavy atom. The van der Waals surface area contributed by atoms with Crippen molar-refractivity contribution in [3.8, 4) is 57.5 Å². The van der Waals surface area contributed by atoms with E-state index in [0.717, 1.165) is 185 Å². The molecule has 0 saturated carbocycles. The van der Waals surface area contributed by atoms with Gasteiger partial charge in [-0.3, -0.25) is 9.97 Å². The zero-order chi connectivity index (χ0) is 66.8. The fourth-order valence-corrected chi connectivity index (χ4v) is 17.3. The number of para-hydroxylation sites is 3. The van der Waals surface area contributed by atoms with Crippen molar-refractivity contribution in [3.05, 3.63) is 275 Å². The lowest BCUT2D eigenvalue weighted by atomic mass is 9.29. The minimum Gasteiger partial charge on any atom is -0.458 e. The Bertz CT molecular complexity index is 5570. The number of benzene rings is 11. The number of hydrogen-bond donors (Lipinski definition) is 1. The Labute approximate surface area is 577 Å². The van der Waals surface area contributed by atoms with Crippen LogP contribution in [-0.2, 0) is 0 Å². The van der Waals surface area contributed by atoms with Gasteiger partial charge in [0.05, 0.1) is 17.1 Å². The highest BCUT2D eigenvalue weighted by Gasteiger charge is 2.51. The van der Waals surface area contributed by atoms with Crippen LogP contribution in [0.1, 0.15) is 50.1 Å². The van der Waals surface area contributed by atoms with E-state index < -0.39 is 0 Å². The molecule has 0 radical (unpaired) electrons. The van der Waals surface area contributed by atoms with E-state index in [1.807, 2.05) is 134 Å². The van der Waals surface area contributed by atoms with E-state index in [1.165, 1.54) is 16.7 Å². The number of aryl methyl sites for hydroxylation is 9. The number of pyridine rings is 2. The SMILES string of the molecule is Cc1cc(C)c(N2c3cc4c(cc3B3c5cnccc5Oc5cc(Oc6ccccc6)cc2c53)B2c3cc5c(cc3N(c3c(C)cc(C)cc3C)c3cc(Oc6ccccc6)cc(c32)N4c2c(C)cc(C)cc2C)Nc2cc(Oc3ccccc3)cc3c2B5c2cnccc2O3)c(C)c1. The van der Waals surface area contributed by atoms with Gasteiger partial charge in [-0.25, -0.2) is 0 Å². The van der Waals surface area contributed by atoms with E-state index >= 15 is 0 Å². The molecule has 6 aliphatic rings. The minimum atomic E-state index is -0.367. The fourth-order valence-electron chi connectivity index (χ4n) is 17.3. The molecule has 13 aromatic rings. The van der Waals surface area contributed by atoms with Gasteiger partial charge in [-0.2, -0.15) is 0 Å². The van der Waals surface area contributed by atoms with Crippen molar-refractivity contribution in [3.63, 3.8) is 0 Å². The van der Waals surface area contributed by atoms with E-state index in [9.17, 15) is 0 Å². The lowest BCUT2D eigenvalue weighted by Gasteiger charge is -2.47. The van der Waals surface area contributed by atoms with Crippen LogP contribution in [0.25, 0.3) is 0 Å². The fraction of sp³-hybridized carbons (Fsp3) is 0.106. The molecule has 0 spiro atoms. The standard InChI is InChI=1S/C85H65B3N6O5/c1-47-29-50(4)83(51(5)30-47)92-70-43-68-62(86-66-45-89-27-25-76(66)98-78-39-59(35-69(91-68)80(78)86)95-56-19-13-10-14-20-56)41-63(70)87-64-42-65-72(44-71(64)93(84-52(6)31-48(2)32-53(84)7)74-37-60(36-73(92)81(74)87)96-57-21-15-11-16-22-57)94(85-54(8)33-49(3)34-55(85)9)75-38-61(97-58-23-17-12-18-24-58)40-79-82(75)88(65)67-46-90-28-26-77(67)99-79/h10-46,91H,1-9H3. The van der Waals surface area contributed by atoms with Crippen molar-refractivity contribution in [2.45, 2.75) is 62.3 Å². The first-order valence-electron chi connectivity index (χ1n) is 34.0. The summed E-state index contributed by atoms with van der Waals surface area (Å²) in [5, 5.41) is 4.05. The molecule has 0 amide bonds. The average Bonchev–Trinajstić information content (AvgIpc) is 0.682. The summed E-state index contributed by atoms with van der Waals surface area (Å²) in [6, 6.07) is 71.1. The van der Waals surface area contributed by atoms with Crippen LogP contribution < -0.4 is 92.9 Å². The predicted molar refractivity (Wildman–Crippen MR) is 405 cm³/mol. The van der Waals surface area contributed by atoms with Crippen molar-refractivity contribution in [1.29, 1.82) is 0 Å². The molecule has 0 unspecified atom stereocenters. The lowest BCUT2D eigenvalue weighted by molar-refractivity contribution is 0.462. The van der Waals surface area contributed by atoms with Crippen LogP contribution in [0.4, 0.5) is 62.6 Å². The molecule has 0 atom stereocenters. The Balaban J connectivity index is 0.944. The molecule has 11 nitrogen and oxygen atoms in total. The van der Waals surface area contributed by atoms with Gasteiger partial charge in [0.1, 0.15) is 57.5 Å². The van der Waals surface area contributed by atoms with E-state index in [4.69, 9.17) is 33.7 Å². The van der Waals surface area contributed by atoms with Crippen molar-refractivity contribution < 1.29 is 23.7 Å². The third-order valence-corrected chi connectivity index (χ3v) is 20.7. The summed E-state index contributed by atoms with van der Waals surface area (Å²) in [5.74, 6) is 7.21. The molecule has 0 bridgehead atoms. The minimum absolute atomic E-state index is 0.272. The van der Waals surface area contributed by atoms with E-state index in [-0.39, 0.29) is 20.1 Å². The summed E-state index contributed by atoms with van der Waals surface area (Å²) in [6.45, 7) is 19.2. The summed E-state index contributed by atoms with van der Waals surface area (Å²) in [6.07, 6.45) is 7.65. The molecule has 6 aliphatic heterocycles. The second kappa shape index (κ2) is 22.1. The Morgan fingerprint density at radius 1 is 0.303 bits per heavy atom. The topological polar surface area (TPSA) is 93.7 Å². The molecule has 2 aromatic heterocycles. The van der Waals surface area contributed by atoms with Crippen molar-refractivity contribution in [2.24, 2.45) is 0 Å². The van der Waals surface area contributed by atoms with Gasteiger partial charge in [0, 0.05) is 107 Å². The van der Waals surface area contributed by atoms with Gasteiger partial charge in [-0.15, -0.1) is 0 Å². The zero-order valence-corrected chi connectivity index (χ0v) is 56.4. The maximum atomic E-state index is 7.25. The maximum Gasteiger partial charge on any atom is 0.258 e. The molecule has 0 aliphatic carbocycles. The Hall–Kier alpha value is -11.9. The molecule has 19 rings (SSSR count). The summed E-state index contributed by atoms with van der Waals surface area (Å²) in [4.78, 5) is 17.4. The van der Waals surface area contributed by atoms with Gasteiger partial charge in [0.2, 0.25) is 0 Å². The summed E-state index contributed by atoms with van der Waals surface area (Å²) >= 11 is 0. The first-order valence-corrected chi connectivity index (χ1v) is 34.0. The number of nitrogens with one attached hydrogen (secondary N) is 1. The second-order valence-corrected chi connectivity index (χ2v) is 27.5. The Morgan fingerprint density at radius 2 is 0.667 bits per heavy atom. The van der Waals surface area contributed by atoms with Crippen LogP contribution in [0.5, 0.6) is 57.5 Å². The highest BCUT2D eigenvalue weighted by atomic mass is 16.5. The Kier molecular flexibility index (Phi) is 13.0. The van der Waals surface area contributed by atoms with Crippen LogP contribution in [0.3, 0.4) is 0 Å². The van der Waals surface area contributed by atoms with Crippen molar-refractivity contribution in [1.82, 2.24) is 9.97 Å². The molecule has 8 heterocycles. The second-order valence-electron chi connectivity index (χ2n) is 27.5. The van der Waals surface area contributed by atoms with E-state index in [2.05, 4.69) is 173 Å². The van der Waals surface area contributed by atoms with Crippen LogP contribution in [0, 0.1) is 62.3 Å². The van der Waals surface area contributed by atoms with Crippen molar-refractivity contribution >= 4 is 132 Å². The lowest BCUT2D eigenvalue weighted by Crippen LogP contribution is -2.66. The maximum absolute atomic E-state index is 7.25. The van der Waals surface area contributed by atoms with Crippen LogP contribution in [-0.4, -0.2) is 30.1 Å². The van der Waals surface area contributed by atoms with E-state index in [0.29, 0.717) is 17.2 Å². The van der Waals surface area contributed by atoms with Crippen LogP contribution in [0.2, 0.25) is 0 Å². The smallest absolute Gasteiger partial charge is 0.258 e. The molecule has 0 fully saturated rings. The van der Waals surface area contributed by atoms with Crippen molar-refractivity contribution in [2.75, 3.05) is 20.0 Å². The summed E-state index contributed by atoms with van der Waals surface area (Å²) in [7, 11) is 0. The third-order valence-electron chi connectivity index (χ3n) is 20.7. The normalized spacial score (nSPS) is 13.4. The monoisotopic (exact) mass is 1280 g/mol.